The Morgan fingerprint density at radius 1 is 1.43 bits per heavy atom. The number of aryl methyl sites for hydroxylation is 1. The third kappa shape index (κ3) is 1.41. The molecule has 2 aromatic rings. The van der Waals surface area contributed by atoms with Crippen molar-refractivity contribution < 1.29 is 0 Å². The van der Waals surface area contributed by atoms with Gasteiger partial charge in [0.2, 0.25) is 0 Å². The second-order valence-corrected chi connectivity index (χ2v) is 3.50. The van der Waals surface area contributed by atoms with E-state index in [4.69, 9.17) is 17.4 Å². The van der Waals surface area contributed by atoms with Crippen LogP contribution in [0.15, 0.2) is 24.3 Å². The van der Waals surface area contributed by atoms with Gasteiger partial charge in [-0.25, -0.2) is 0 Å². The number of halogens is 1. The molecule has 0 atom stereocenters. The second kappa shape index (κ2) is 3.44. The highest BCUT2D eigenvalue weighted by molar-refractivity contribution is 6.36. The number of nitrogens with zero attached hydrogens (tertiary/aromatic N) is 1. The van der Waals surface area contributed by atoms with Crippen LogP contribution in [0.4, 0.5) is 5.69 Å². The molecule has 3 N–H and O–H groups in total. The topological polar surface area (TPSA) is 50.9 Å². The molecule has 0 unspecified atom stereocenters. The molecule has 0 aliphatic heterocycles. The normalized spacial score (nSPS) is 10.5. The molecule has 3 nitrogen and oxygen atoms in total. The maximum absolute atomic E-state index is 6.06. The summed E-state index contributed by atoms with van der Waals surface area (Å²) < 4.78 is 0. The molecule has 0 aliphatic rings. The van der Waals surface area contributed by atoms with Crippen molar-refractivity contribution in [1.29, 1.82) is 0 Å². The molecule has 0 spiro atoms. The summed E-state index contributed by atoms with van der Waals surface area (Å²) in [5.41, 5.74) is 5.19. The summed E-state index contributed by atoms with van der Waals surface area (Å²) in [4.78, 5) is 4.37. The molecule has 1 aromatic carbocycles. The number of hydrazine groups is 1. The molecule has 0 aliphatic carbocycles. The number of anilines is 1. The average molecular weight is 208 g/mol. The third-order valence-electron chi connectivity index (χ3n) is 2.07. The van der Waals surface area contributed by atoms with Crippen LogP contribution in [0.25, 0.3) is 10.9 Å². The van der Waals surface area contributed by atoms with Crippen molar-refractivity contribution >= 4 is 28.2 Å². The Labute approximate surface area is 86.9 Å². The first kappa shape index (κ1) is 9.24. The molecular formula is C10H10ClN3. The summed E-state index contributed by atoms with van der Waals surface area (Å²) in [6.07, 6.45) is 0. The molecule has 0 radical (unpaired) electrons. The van der Waals surface area contributed by atoms with Crippen LogP contribution < -0.4 is 11.3 Å². The number of nitrogens with two attached hydrogens (primary N) is 1. The van der Waals surface area contributed by atoms with Crippen LogP contribution in [-0.2, 0) is 0 Å². The number of hydrogen-bond acceptors (Lipinski definition) is 3. The van der Waals surface area contributed by atoms with Gasteiger partial charge in [-0.2, -0.15) is 0 Å². The monoisotopic (exact) mass is 207 g/mol. The van der Waals surface area contributed by atoms with E-state index in [1.807, 2.05) is 31.2 Å². The second-order valence-electron chi connectivity index (χ2n) is 3.09. The fourth-order valence-corrected chi connectivity index (χ4v) is 1.76. The van der Waals surface area contributed by atoms with Gasteiger partial charge in [0.1, 0.15) is 0 Å². The van der Waals surface area contributed by atoms with Gasteiger partial charge >= 0.3 is 0 Å². The Hall–Kier alpha value is -1.32. The number of pyridine rings is 1. The summed E-state index contributed by atoms with van der Waals surface area (Å²) >= 11 is 6.06. The predicted octanol–water partition coefficient (Wildman–Crippen LogP) is 2.48. The lowest BCUT2D eigenvalue weighted by Gasteiger charge is -2.07. The minimum atomic E-state index is 0.656. The summed E-state index contributed by atoms with van der Waals surface area (Å²) in [6.45, 7) is 1.92. The van der Waals surface area contributed by atoms with Gasteiger partial charge in [-0.05, 0) is 25.1 Å². The van der Waals surface area contributed by atoms with Crippen molar-refractivity contribution in [2.45, 2.75) is 6.92 Å². The Bertz CT molecular complexity index is 482. The van der Waals surface area contributed by atoms with E-state index >= 15 is 0 Å². The first-order chi connectivity index (χ1) is 6.72. The van der Waals surface area contributed by atoms with Crippen LogP contribution in [0.5, 0.6) is 0 Å². The van der Waals surface area contributed by atoms with Crippen molar-refractivity contribution in [3.63, 3.8) is 0 Å². The molecular weight excluding hydrogens is 198 g/mol. The average Bonchev–Trinajstić information content (AvgIpc) is 2.16. The minimum Gasteiger partial charge on any atom is -0.323 e. The lowest BCUT2D eigenvalue weighted by molar-refractivity contribution is 1.24. The lowest BCUT2D eigenvalue weighted by atomic mass is 10.1. The predicted molar refractivity (Wildman–Crippen MR) is 59.3 cm³/mol. The van der Waals surface area contributed by atoms with Gasteiger partial charge < -0.3 is 5.43 Å². The van der Waals surface area contributed by atoms with E-state index in [1.165, 1.54) is 0 Å². The Kier molecular flexibility index (Phi) is 2.27. The highest BCUT2D eigenvalue weighted by atomic mass is 35.5. The maximum atomic E-state index is 6.06. The van der Waals surface area contributed by atoms with E-state index in [-0.39, 0.29) is 0 Å². The van der Waals surface area contributed by atoms with Crippen molar-refractivity contribution in [2.75, 3.05) is 5.43 Å². The Balaban J connectivity index is 2.88. The lowest BCUT2D eigenvalue weighted by Crippen LogP contribution is -2.08. The summed E-state index contributed by atoms with van der Waals surface area (Å²) in [7, 11) is 0. The van der Waals surface area contributed by atoms with Gasteiger partial charge in [0, 0.05) is 11.1 Å². The van der Waals surface area contributed by atoms with Gasteiger partial charge in [-0.3, -0.25) is 10.8 Å². The van der Waals surface area contributed by atoms with Crippen LogP contribution in [0.2, 0.25) is 5.02 Å². The number of nitrogens with one attached hydrogen (secondary N) is 1. The first-order valence-corrected chi connectivity index (χ1v) is 4.62. The standard InChI is InChI=1S/C10H10ClN3/c1-6-5-9(14-12)10-7(11)3-2-4-8(10)13-6/h2-5H,12H2,1H3,(H,13,14). The summed E-state index contributed by atoms with van der Waals surface area (Å²) in [5, 5.41) is 1.52. The zero-order valence-electron chi connectivity index (χ0n) is 7.71. The van der Waals surface area contributed by atoms with Crippen LogP contribution in [-0.4, -0.2) is 4.98 Å². The van der Waals surface area contributed by atoms with E-state index in [9.17, 15) is 0 Å². The van der Waals surface area contributed by atoms with Crippen LogP contribution in [0, 0.1) is 6.92 Å². The number of hydrogen-bond donors (Lipinski definition) is 2. The molecule has 14 heavy (non-hydrogen) atoms. The fourth-order valence-electron chi connectivity index (χ4n) is 1.49. The first-order valence-electron chi connectivity index (χ1n) is 4.25. The highest BCUT2D eigenvalue weighted by Gasteiger charge is 2.05. The van der Waals surface area contributed by atoms with Crippen LogP contribution in [0.3, 0.4) is 0 Å². The fraction of sp³-hybridized carbons (Fsp3) is 0.100. The summed E-state index contributed by atoms with van der Waals surface area (Å²) in [5.74, 6) is 5.42. The van der Waals surface area contributed by atoms with Crippen molar-refractivity contribution in [3.05, 3.63) is 35.0 Å². The van der Waals surface area contributed by atoms with Crippen LogP contribution in [0.1, 0.15) is 5.69 Å². The van der Waals surface area contributed by atoms with Gasteiger partial charge in [0.25, 0.3) is 0 Å². The van der Waals surface area contributed by atoms with Gasteiger partial charge in [-0.15, -0.1) is 0 Å². The van der Waals surface area contributed by atoms with E-state index in [0.717, 1.165) is 22.3 Å². The number of fused-ring (bicyclic) bond motifs is 1. The van der Waals surface area contributed by atoms with E-state index in [0.29, 0.717) is 5.02 Å². The van der Waals surface area contributed by atoms with E-state index in [1.54, 1.807) is 0 Å². The molecule has 0 bridgehead atoms. The van der Waals surface area contributed by atoms with Crippen molar-refractivity contribution in [2.24, 2.45) is 5.84 Å². The van der Waals surface area contributed by atoms with Crippen molar-refractivity contribution in [3.8, 4) is 0 Å². The van der Waals surface area contributed by atoms with E-state index < -0.39 is 0 Å². The van der Waals surface area contributed by atoms with Gasteiger partial charge in [-0.1, -0.05) is 17.7 Å². The number of rotatable bonds is 1. The maximum Gasteiger partial charge on any atom is 0.0741 e. The SMILES string of the molecule is Cc1cc(NN)c2c(Cl)cccc2n1. The third-order valence-corrected chi connectivity index (χ3v) is 2.38. The van der Waals surface area contributed by atoms with E-state index in [2.05, 4.69) is 10.4 Å². The molecule has 72 valence electrons. The van der Waals surface area contributed by atoms with Crippen molar-refractivity contribution in [1.82, 2.24) is 4.98 Å². The summed E-state index contributed by atoms with van der Waals surface area (Å²) in [6, 6.07) is 7.47. The highest BCUT2D eigenvalue weighted by Crippen LogP contribution is 2.29. The van der Waals surface area contributed by atoms with Gasteiger partial charge in [0.05, 0.1) is 16.2 Å². The van der Waals surface area contributed by atoms with Crippen LogP contribution >= 0.6 is 11.6 Å². The molecule has 4 heteroatoms. The Morgan fingerprint density at radius 3 is 2.93 bits per heavy atom. The molecule has 0 saturated heterocycles. The smallest absolute Gasteiger partial charge is 0.0741 e. The number of aromatic nitrogens is 1. The Morgan fingerprint density at radius 2 is 2.21 bits per heavy atom. The molecule has 0 fully saturated rings. The quantitative estimate of drug-likeness (QED) is 0.558. The molecule has 0 amide bonds. The van der Waals surface area contributed by atoms with Gasteiger partial charge in [0.15, 0.2) is 0 Å². The molecule has 0 saturated carbocycles. The molecule has 1 heterocycles. The molecule has 1 aromatic heterocycles. The molecule has 2 rings (SSSR count). The number of benzene rings is 1. The zero-order chi connectivity index (χ0) is 10.1. The largest absolute Gasteiger partial charge is 0.323 e. The minimum absolute atomic E-state index is 0.656. The zero-order valence-corrected chi connectivity index (χ0v) is 8.47. The number of nitrogen functional groups attached to an aromatic ring is 1.